The van der Waals surface area contributed by atoms with Crippen molar-refractivity contribution in [2.24, 2.45) is 11.1 Å². The molecule has 0 radical (unpaired) electrons. The summed E-state index contributed by atoms with van der Waals surface area (Å²) >= 11 is 6.05. The second-order valence-corrected chi connectivity index (χ2v) is 7.25. The molecule has 134 valence electrons. The van der Waals surface area contributed by atoms with Crippen LogP contribution in [0, 0.1) is 5.41 Å². The highest BCUT2D eigenvalue weighted by Gasteiger charge is 2.63. The lowest BCUT2D eigenvalue weighted by Crippen LogP contribution is -2.75. The van der Waals surface area contributed by atoms with Gasteiger partial charge in [-0.3, -0.25) is 4.79 Å². The van der Waals surface area contributed by atoms with Crippen molar-refractivity contribution in [3.8, 4) is 5.75 Å². The highest BCUT2D eigenvalue weighted by Crippen LogP contribution is 2.50. The molecular formula is C18H27ClN2O3. The standard InChI is InChI=1S/C18H27ClN2O3/c1-5-23-15-12-18(20,17(15,2)3)16(22)21(4)10-11-24-14-9-7-6-8-13(14)19/h6-9,15H,5,10-12,20H2,1-4H3. The van der Waals surface area contributed by atoms with Crippen molar-refractivity contribution in [3.05, 3.63) is 29.3 Å². The minimum atomic E-state index is -0.897. The van der Waals surface area contributed by atoms with E-state index in [2.05, 4.69) is 0 Å². The van der Waals surface area contributed by atoms with E-state index in [1.807, 2.05) is 32.9 Å². The Balaban J connectivity index is 1.90. The SMILES string of the molecule is CCOC1CC(N)(C(=O)N(C)CCOc2ccccc2Cl)C1(C)C. The minimum Gasteiger partial charge on any atom is -0.490 e. The highest BCUT2D eigenvalue weighted by atomic mass is 35.5. The third-order valence-electron chi connectivity index (χ3n) is 5.08. The maximum Gasteiger partial charge on any atom is 0.243 e. The molecule has 5 nitrogen and oxygen atoms in total. The fraction of sp³-hybridized carbons (Fsp3) is 0.611. The number of likely N-dealkylation sites (N-methyl/N-ethyl adjacent to an activating group) is 1. The van der Waals surface area contributed by atoms with Crippen molar-refractivity contribution in [1.29, 1.82) is 0 Å². The molecule has 0 bridgehead atoms. The normalized spacial score (nSPS) is 25.0. The zero-order chi connectivity index (χ0) is 18.0. The number of hydrogen-bond donors (Lipinski definition) is 1. The van der Waals surface area contributed by atoms with Crippen molar-refractivity contribution in [2.75, 3.05) is 26.8 Å². The lowest BCUT2D eigenvalue weighted by atomic mass is 9.54. The number of carbonyl (C=O) groups is 1. The number of benzene rings is 1. The van der Waals surface area contributed by atoms with E-state index in [-0.39, 0.29) is 12.0 Å². The summed E-state index contributed by atoms with van der Waals surface area (Å²) in [4.78, 5) is 14.4. The fourth-order valence-corrected chi connectivity index (χ4v) is 3.28. The van der Waals surface area contributed by atoms with E-state index in [1.54, 1.807) is 24.1 Å². The quantitative estimate of drug-likeness (QED) is 0.817. The van der Waals surface area contributed by atoms with Crippen LogP contribution in [0.5, 0.6) is 5.75 Å². The van der Waals surface area contributed by atoms with Gasteiger partial charge in [-0.05, 0) is 19.1 Å². The Labute approximate surface area is 149 Å². The van der Waals surface area contributed by atoms with Crippen LogP contribution in [0.3, 0.4) is 0 Å². The number of ether oxygens (including phenoxy) is 2. The van der Waals surface area contributed by atoms with Crippen LogP contribution in [0.4, 0.5) is 0 Å². The highest BCUT2D eigenvalue weighted by molar-refractivity contribution is 6.32. The zero-order valence-electron chi connectivity index (χ0n) is 14.8. The minimum absolute atomic E-state index is 0.0178. The predicted octanol–water partition coefficient (Wildman–Crippen LogP) is 2.71. The lowest BCUT2D eigenvalue weighted by molar-refractivity contribution is -0.178. The number of nitrogens with zero attached hydrogens (tertiary/aromatic N) is 1. The molecule has 1 aliphatic carbocycles. The first-order chi connectivity index (χ1) is 11.2. The Bertz CT molecular complexity index is 593. The molecule has 1 aromatic rings. The molecule has 1 aliphatic rings. The summed E-state index contributed by atoms with van der Waals surface area (Å²) in [7, 11) is 1.75. The summed E-state index contributed by atoms with van der Waals surface area (Å²) in [5.41, 5.74) is 5.13. The number of para-hydroxylation sites is 1. The van der Waals surface area contributed by atoms with Crippen LogP contribution < -0.4 is 10.5 Å². The van der Waals surface area contributed by atoms with E-state index < -0.39 is 11.0 Å². The molecule has 0 aliphatic heterocycles. The van der Waals surface area contributed by atoms with E-state index in [0.29, 0.717) is 37.0 Å². The van der Waals surface area contributed by atoms with E-state index in [4.69, 9.17) is 26.8 Å². The van der Waals surface area contributed by atoms with E-state index in [1.165, 1.54) is 0 Å². The molecule has 1 aromatic carbocycles. The van der Waals surface area contributed by atoms with E-state index >= 15 is 0 Å². The molecule has 0 aromatic heterocycles. The van der Waals surface area contributed by atoms with E-state index in [9.17, 15) is 4.79 Å². The largest absolute Gasteiger partial charge is 0.490 e. The van der Waals surface area contributed by atoms with Gasteiger partial charge in [-0.25, -0.2) is 0 Å². The number of hydrogen-bond acceptors (Lipinski definition) is 4. The van der Waals surface area contributed by atoms with Gasteiger partial charge < -0.3 is 20.1 Å². The average Bonchev–Trinajstić information content (AvgIpc) is 2.55. The van der Waals surface area contributed by atoms with Gasteiger partial charge in [0.1, 0.15) is 17.9 Å². The van der Waals surface area contributed by atoms with Crippen molar-refractivity contribution in [3.63, 3.8) is 0 Å². The Morgan fingerprint density at radius 1 is 1.42 bits per heavy atom. The Morgan fingerprint density at radius 3 is 2.67 bits per heavy atom. The molecule has 1 amide bonds. The van der Waals surface area contributed by atoms with Gasteiger partial charge in [0.2, 0.25) is 5.91 Å². The fourth-order valence-electron chi connectivity index (χ4n) is 3.09. The average molecular weight is 355 g/mol. The van der Waals surface area contributed by atoms with Gasteiger partial charge in [-0.2, -0.15) is 0 Å². The van der Waals surface area contributed by atoms with Crippen LogP contribution in [0.25, 0.3) is 0 Å². The zero-order valence-corrected chi connectivity index (χ0v) is 15.6. The second-order valence-electron chi connectivity index (χ2n) is 6.85. The third-order valence-corrected chi connectivity index (χ3v) is 5.39. The first-order valence-corrected chi connectivity index (χ1v) is 8.65. The van der Waals surface area contributed by atoms with Gasteiger partial charge in [0, 0.05) is 25.5 Å². The Kier molecular flexibility index (Phi) is 5.78. The molecule has 6 heteroatoms. The molecular weight excluding hydrogens is 328 g/mol. The van der Waals surface area contributed by atoms with Crippen molar-refractivity contribution in [1.82, 2.24) is 4.90 Å². The molecule has 0 spiro atoms. The van der Waals surface area contributed by atoms with Gasteiger partial charge >= 0.3 is 0 Å². The maximum atomic E-state index is 12.8. The van der Waals surface area contributed by atoms with Crippen molar-refractivity contribution >= 4 is 17.5 Å². The molecule has 0 saturated heterocycles. The maximum absolute atomic E-state index is 12.8. The molecule has 2 N–H and O–H groups in total. The van der Waals surface area contributed by atoms with Crippen LogP contribution in [-0.2, 0) is 9.53 Å². The Morgan fingerprint density at radius 2 is 2.08 bits per heavy atom. The van der Waals surface area contributed by atoms with Crippen molar-refractivity contribution < 1.29 is 14.3 Å². The van der Waals surface area contributed by atoms with Crippen LogP contribution in [0.15, 0.2) is 24.3 Å². The first-order valence-electron chi connectivity index (χ1n) is 8.27. The molecule has 0 heterocycles. The molecule has 24 heavy (non-hydrogen) atoms. The summed E-state index contributed by atoms with van der Waals surface area (Å²) in [6.07, 6.45) is 0.562. The summed E-state index contributed by atoms with van der Waals surface area (Å²) in [5, 5.41) is 0.557. The van der Waals surface area contributed by atoms with Crippen molar-refractivity contribution in [2.45, 2.75) is 38.8 Å². The number of rotatable bonds is 7. The number of nitrogens with two attached hydrogens (primary N) is 1. The number of halogens is 1. The Hall–Kier alpha value is -1.30. The summed E-state index contributed by atoms with van der Waals surface area (Å²) in [6.45, 7) is 7.36. The topological polar surface area (TPSA) is 64.8 Å². The molecule has 2 rings (SSSR count). The summed E-state index contributed by atoms with van der Waals surface area (Å²) in [6, 6.07) is 7.27. The van der Waals surface area contributed by atoms with E-state index in [0.717, 1.165) is 0 Å². The summed E-state index contributed by atoms with van der Waals surface area (Å²) < 4.78 is 11.3. The lowest BCUT2D eigenvalue weighted by Gasteiger charge is -2.58. The van der Waals surface area contributed by atoms with Gasteiger partial charge in [-0.15, -0.1) is 0 Å². The second kappa shape index (κ2) is 7.30. The predicted molar refractivity (Wildman–Crippen MR) is 95.3 cm³/mol. The van der Waals surface area contributed by atoms with Crippen LogP contribution in [-0.4, -0.2) is 49.3 Å². The number of carbonyl (C=O) groups excluding carboxylic acids is 1. The molecule has 1 saturated carbocycles. The van der Waals surface area contributed by atoms with Crippen LogP contribution in [0.1, 0.15) is 27.2 Å². The van der Waals surface area contributed by atoms with Gasteiger partial charge in [0.25, 0.3) is 0 Å². The molecule has 1 fully saturated rings. The van der Waals surface area contributed by atoms with Gasteiger partial charge in [-0.1, -0.05) is 37.6 Å². The van der Waals surface area contributed by atoms with Crippen LogP contribution >= 0.6 is 11.6 Å². The molecule has 2 unspecified atom stereocenters. The smallest absolute Gasteiger partial charge is 0.243 e. The monoisotopic (exact) mass is 354 g/mol. The number of amides is 1. The third kappa shape index (κ3) is 3.39. The van der Waals surface area contributed by atoms with Gasteiger partial charge in [0.15, 0.2) is 0 Å². The molecule has 2 atom stereocenters. The first kappa shape index (κ1) is 19.0. The van der Waals surface area contributed by atoms with Crippen LogP contribution in [0.2, 0.25) is 5.02 Å². The van der Waals surface area contributed by atoms with Gasteiger partial charge in [0.05, 0.1) is 17.7 Å². The summed E-state index contributed by atoms with van der Waals surface area (Å²) in [5.74, 6) is 0.536.